The molecule has 0 aromatic heterocycles. The fourth-order valence-electron chi connectivity index (χ4n) is 9.23. The van der Waals surface area contributed by atoms with Gasteiger partial charge in [-0.2, -0.15) is 10.3 Å². The number of nitriles is 1. The first-order valence-corrected chi connectivity index (χ1v) is 17.7. The molecule has 3 spiro atoms. The van der Waals surface area contributed by atoms with E-state index in [0.717, 1.165) is 69.9 Å². The maximum Gasteiger partial charge on any atom is 0.220 e. The van der Waals surface area contributed by atoms with Crippen molar-refractivity contribution >= 4 is 24.1 Å². The number of hydrogen-bond acceptors (Lipinski definition) is 8. The van der Waals surface area contributed by atoms with Gasteiger partial charge in [0, 0.05) is 36.1 Å². The molecular weight excluding hydrogens is 656 g/mol. The molecule has 4 aliphatic carbocycles. The largest absolute Gasteiger partial charge is 0.368 e. The number of halogens is 1. The van der Waals surface area contributed by atoms with Gasteiger partial charge in [-0.3, -0.25) is 0 Å². The number of benzene rings is 4. The molecule has 0 bridgehead atoms. The van der Waals surface area contributed by atoms with Gasteiger partial charge in [0.05, 0.1) is 5.71 Å². The number of guanidine groups is 1. The van der Waals surface area contributed by atoms with Crippen LogP contribution in [0.1, 0.15) is 70.2 Å². The third-order valence-corrected chi connectivity index (χ3v) is 11.7. The summed E-state index contributed by atoms with van der Waals surface area (Å²) in [6.45, 7) is 0. The van der Waals surface area contributed by atoms with E-state index in [1.54, 1.807) is 10.5 Å². The van der Waals surface area contributed by atoms with Gasteiger partial charge in [-0.1, -0.05) is 97.1 Å². The lowest BCUT2D eigenvalue weighted by molar-refractivity contribution is -0.224. The van der Waals surface area contributed by atoms with E-state index in [-0.39, 0.29) is 23.2 Å². The summed E-state index contributed by atoms with van der Waals surface area (Å²) in [6.07, 6.45) is 12.6. The van der Waals surface area contributed by atoms with E-state index >= 15 is 0 Å². The molecule has 0 fully saturated rings. The van der Waals surface area contributed by atoms with Crippen molar-refractivity contribution in [3.63, 3.8) is 0 Å². The number of hydrogen-bond donors (Lipinski definition) is 3. The first-order valence-electron chi connectivity index (χ1n) is 17.7. The monoisotopic (exact) mass is 702 g/mol. The van der Waals surface area contributed by atoms with Crippen LogP contribution in [0.2, 0.25) is 0 Å². The molecule has 1 atom stereocenters. The lowest BCUT2D eigenvalue weighted by atomic mass is 9.71. The van der Waals surface area contributed by atoms with Crippen LogP contribution in [0.5, 0.6) is 0 Å². The highest BCUT2D eigenvalue weighted by Crippen LogP contribution is 2.60. The molecule has 264 valence electrons. The van der Waals surface area contributed by atoms with Crippen molar-refractivity contribution in [1.29, 1.82) is 5.26 Å². The molecule has 0 amide bonds. The van der Waals surface area contributed by atoms with Crippen molar-refractivity contribution in [2.24, 2.45) is 26.5 Å². The van der Waals surface area contributed by atoms with E-state index < -0.39 is 5.72 Å². The predicted molar refractivity (Wildman–Crippen MR) is 204 cm³/mol. The van der Waals surface area contributed by atoms with E-state index in [1.165, 1.54) is 51.6 Å². The van der Waals surface area contributed by atoms with Crippen LogP contribution < -0.4 is 11.2 Å². The topological polar surface area (TPSA) is 119 Å². The summed E-state index contributed by atoms with van der Waals surface area (Å²) >= 11 is 0. The Morgan fingerprint density at radius 3 is 1.75 bits per heavy atom. The van der Waals surface area contributed by atoms with Crippen molar-refractivity contribution in [3.05, 3.63) is 142 Å². The van der Waals surface area contributed by atoms with Gasteiger partial charge >= 0.3 is 0 Å². The third-order valence-electron chi connectivity index (χ3n) is 11.7. The molecule has 0 saturated heterocycles. The fourth-order valence-corrected chi connectivity index (χ4v) is 9.23. The molecule has 1 aliphatic heterocycles. The molecule has 9 heteroatoms. The second-order valence-electron chi connectivity index (χ2n) is 14.3. The minimum absolute atomic E-state index is 0. The summed E-state index contributed by atoms with van der Waals surface area (Å²) in [6, 6.07) is 34.6. The molecule has 4 aromatic carbocycles. The Morgan fingerprint density at radius 1 is 0.765 bits per heavy atom. The zero-order valence-corrected chi connectivity index (χ0v) is 30.3. The van der Waals surface area contributed by atoms with Crippen molar-refractivity contribution in [2.75, 3.05) is 14.1 Å². The Labute approximate surface area is 307 Å². The van der Waals surface area contributed by atoms with Crippen LogP contribution in [-0.4, -0.2) is 36.0 Å². The summed E-state index contributed by atoms with van der Waals surface area (Å²) in [7, 11) is 3.29. The molecule has 9 rings (SSSR count). The van der Waals surface area contributed by atoms with Gasteiger partial charge < -0.3 is 10.9 Å². The number of hydroxylamine groups is 3. The van der Waals surface area contributed by atoms with Gasteiger partial charge in [0.25, 0.3) is 0 Å². The Morgan fingerprint density at radius 2 is 1.24 bits per heavy atom. The van der Waals surface area contributed by atoms with Crippen LogP contribution in [0.15, 0.2) is 107 Å². The van der Waals surface area contributed by atoms with E-state index in [2.05, 4.69) is 108 Å². The van der Waals surface area contributed by atoms with Crippen LogP contribution in [0.25, 0.3) is 0 Å². The molecule has 0 saturated carbocycles. The first-order chi connectivity index (χ1) is 24.4. The molecule has 4 N–H and O–H groups in total. The Kier molecular flexibility index (Phi) is 10.7. The molecule has 51 heavy (non-hydrogen) atoms. The number of nitrogens with zero attached hydrogens (tertiary/aromatic N) is 4. The normalized spacial score (nSPS) is 22.0. The zero-order chi connectivity index (χ0) is 34.8. The quantitative estimate of drug-likeness (QED) is 0.131. The maximum atomic E-state index is 9.17. The lowest BCUT2D eigenvalue weighted by Crippen LogP contribution is -2.43. The van der Waals surface area contributed by atoms with Crippen molar-refractivity contribution in [1.82, 2.24) is 10.5 Å². The molecule has 0 radical (unpaired) electrons. The van der Waals surface area contributed by atoms with E-state index in [0.29, 0.717) is 5.96 Å². The number of nitrogens with one attached hydrogen (secondary N) is 1. The average Bonchev–Trinajstić information content (AvgIpc) is 3.57. The summed E-state index contributed by atoms with van der Waals surface area (Å²) in [5.74, 6) is 0.470. The van der Waals surface area contributed by atoms with Crippen LogP contribution >= 0.6 is 12.4 Å². The lowest BCUT2D eigenvalue weighted by Gasteiger charge is -2.40. The van der Waals surface area contributed by atoms with E-state index in [9.17, 15) is 5.26 Å². The number of aryl methyl sites for hydroxylation is 4. The highest BCUT2D eigenvalue weighted by molar-refractivity contribution is 6.09. The van der Waals surface area contributed by atoms with Crippen molar-refractivity contribution in [3.8, 4) is 6.19 Å². The number of rotatable bonds is 0. The van der Waals surface area contributed by atoms with Crippen LogP contribution in [-0.2, 0) is 49.1 Å². The smallest absolute Gasteiger partial charge is 0.220 e. The van der Waals surface area contributed by atoms with Gasteiger partial charge in [-0.25, -0.2) is 20.4 Å². The number of aliphatic imine (C=N–C) groups is 2. The molecule has 5 aliphatic rings. The third kappa shape index (κ3) is 6.45. The van der Waals surface area contributed by atoms with Crippen molar-refractivity contribution in [2.45, 2.75) is 69.9 Å². The van der Waals surface area contributed by atoms with Gasteiger partial charge in [0.1, 0.15) is 0 Å². The first kappa shape index (κ1) is 36.3. The number of nitrogens with two attached hydrogens (primary N) is 1. The second kappa shape index (κ2) is 15.0. The predicted octanol–water partition coefficient (Wildman–Crippen LogP) is 7.25. The van der Waals surface area contributed by atoms with Crippen LogP contribution in [0, 0.1) is 22.3 Å². The number of fused-ring (bicyclic) bond motifs is 6. The molecular formula is C42H47ClN6O2. The van der Waals surface area contributed by atoms with Gasteiger partial charge in [0.2, 0.25) is 17.9 Å². The summed E-state index contributed by atoms with van der Waals surface area (Å²) < 4.78 is 0. The van der Waals surface area contributed by atoms with E-state index in [4.69, 9.17) is 20.8 Å². The average molecular weight is 703 g/mol. The second-order valence-corrected chi connectivity index (χ2v) is 14.3. The molecule has 1 unspecified atom stereocenters. The van der Waals surface area contributed by atoms with Gasteiger partial charge in [-0.15, -0.1) is 12.4 Å². The van der Waals surface area contributed by atoms with Crippen LogP contribution in [0.3, 0.4) is 0 Å². The van der Waals surface area contributed by atoms with Gasteiger partial charge in [-0.05, 0) is 97.6 Å². The Bertz CT molecular complexity index is 1930. The zero-order valence-electron chi connectivity index (χ0n) is 29.4. The maximum absolute atomic E-state index is 9.17. The molecule has 1 heterocycles. The summed E-state index contributed by atoms with van der Waals surface area (Å²) in [5, 5.41) is 18.1. The SMILES string of the molecule is CN1OC2(N=C1N)c1ccccc1CC21CCc2ccccc2CC1.CNO.Cl.N#CN=C1c2ccccc2CC12CCc1ccccc1CC2. The Hall–Kier alpha value is -4.52. The highest BCUT2D eigenvalue weighted by atomic mass is 35.5. The highest BCUT2D eigenvalue weighted by Gasteiger charge is 2.62. The summed E-state index contributed by atoms with van der Waals surface area (Å²) in [4.78, 5) is 15.6. The fraction of sp³-hybridized carbons (Fsp3) is 0.357. The Balaban J connectivity index is 0.000000162. The minimum atomic E-state index is -0.676. The van der Waals surface area contributed by atoms with E-state index in [1.807, 2.05) is 7.05 Å². The minimum Gasteiger partial charge on any atom is -0.368 e. The molecule has 8 nitrogen and oxygen atoms in total. The van der Waals surface area contributed by atoms with Crippen LogP contribution in [0.4, 0.5) is 0 Å². The van der Waals surface area contributed by atoms with Gasteiger partial charge in [0.15, 0.2) is 0 Å². The standard InChI is InChI=1S/C21H23N3O.C20H18N2.CH5NO.ClH/c1-24-19(22)23-21(25-24)18-9-5-4-8-17(18)14-20(21)12-10-15-6-2-3-7-16(15)11-13-20;21-14-22-19-18-8-4-3-7-17(18)13-20(19)11-9-15-5-1-2-6-16(15)10-12-20;1-2-3;/h2-9H,10-14H2,1H3,(H2,22,23);1-8H,9-13H2;2-3H,1H3;1H. The van der Waals surface area contributed by atoms with Crippen molar-refractivity contribution < 1.29 is 10.0 Å². The molecule has 4 aromatic rings. The summed E-state index contributed by atoms with van der Waals surface area (Å²) in [5.41, 5.74) is 19.2.